The molecule has 0 heterocycles. The maximum atomic E-state index is 8.66. The predicted octanol–water partition coefficient (Wildman–Crippen LogP) is 0.0311. The van der Waals surface area contributed by atoms with Gasteiger partial charge < -0.3 is 25.2 Å². The van der Waals surface area contributed by atoms with Crippen LogP contribution in [0.5, 0.6) is 0 Å². The van der Waals surface area contributed by atoms with E-state index >= 15 is 0 Å². The van der Waals surface area contributed by atoms with Crippen LogP contribution < -0.4 is 0 Å². The maximum Gasteiger partial charge on any atom is 0.154 e. The van der Waals surface area contributed by atoms with Gasteiger partial charge in [0.1, 0.15) is 0 Å². The van der Waals surface area contributed by atoms with Crippen molar-refractivity contribution in [2.75, 3.05) is 26.4 Å². The SMILES string of the molecule is C=C(CCO)CCO.CCC(O)OCCO. The third-order valence-corrected chi connectivity index (χ3v) is 1.68. The van der Waals surface area contributed by atoms with Crippen molar-refractivity contribution in [2.24, 2.45) is 0 Å². The summed E-state index contributed by atoms with van der Waals surface area (Å²) in [7, 11) is 0. The van der Waals surface area contributed by atoms with Crippen LogP contribution in [0.25, 0.3) is 0 Å². The molecule has 1 unspecified atom stereocenters. The van der Waals surface area contributed by atoms with Gasteiger partial charge in [0.15, 0.2) is 6.29 Å². The molecule has 4 N–H and O–H groups in total. The van der Waals surface area contributed by atoms with Crippen LogP contribution in [0.1, 0.15) is 26.2 Å². The van der Waals surface area contributed by atoms with Crippen molar-refractivity contribution < 1.29 is 25.2 Å². The molecule has 1 atom stereocenters. The third kappa shape index (κ3) is 16.0. The highest BCUT2D eigenvalue weighted by Crippen LogP contribution is 2.00. The van der Waals surface area contributed by atoms with E-state index in [2.05, 4.69) is 11.3 Å². The summed E-state index contributed by atoms with van der Waals surface area (Å²) in [6.07, 6.45) is 1.09. The molecule has 0 amide bonds. The second-order valence-electron chi connectivity index (χ2n) is 3.15. The Bertz CT molecular complexity index is 141. The lowest BCUT2D eigenvalue weighted by Crippen LogP contribution is -2.12. The van der Waals surface area contributed by atoms with Gasteiger partial charge >= 0.3 is 0 Å². The molecular weight excluding hydrogens is 212 g/mol. The van der Waals surface area contributed by atoms with Crippen LogP contribution in [0.4, 0.5) is 0 Å². The lowest BCUT2D eigenvalue weighted by molar-refractivity contribution is -0.107. The van der Waals surface area contributed by atoms with Gasteiger partial charge in [-0.15, -0.1) is 0 Å². The first-order valence-corrected chi connectivity index (χ1v) is 5.41. The Morgan fingerprint density at radius 2 is 1.62 bits per heavy atom. The molecule has 98 valence electrons. The molecule has 5 heteroatoms. The standard InChI is InChI=1S/C6H12O2.C5H12O3/c1-6(2-4-7)3-5-8;1-2-5(7)8-4-3-6/h7-8H,1-5H2;5-7H,2-4H2,1H3. The fourth-order valence-electron chi connectivity index (χ4n) is 0.748. The first-order chi connectivity index (χ1) is 7.62. The van der Waals surface area contributed by atoms with Gasteiger partial charge in [-0.1, -0.05) is 19.1 Å². The van der Waals surface area contributed by atoms with Gasteiger partial charge in [-0.2, -0.15) is 0 Å². The second-order valence-corrected chi connectivity index (χ2v) is 3.15. The summed E-state index contributed by atoms with van der Waals surface area (Å²) in [4.78, 5) is 0. The van der Waals surface area contributed by atoms with E-state index < -0.39 is 6.29 Å². The Kier molecular flexibility index (Phi) is 16.3. The lowest BCUT2D eigenvalue weighted by atomic mass is 10.2. The smallest absolute Gasteiger partial charge is 0.154 e. The lowest BCUT2D eigenvalue weighted by Gasteiger charge is -2.06. The fraction of sp³-hybridized carbons (Fsp3) is 0.818. The van der Waals surface area contributed by atoms with Crippen LogP contribution in [-0.4, -0.2) is 53.1 Å². The topological polar surface area (TPSA) is 90.2 Å². The average molecular weight is 236 g/mol. The molecule has 5 nitrogen and oxygen atoms in total. The highest BCUT2D eigenvalue weighted by atomic mass is 16.6. The molecule has 0 aromatic rings. The molecule has 0 aliphatic rings. The molecule has 0 spiro atoms. The molecule has 0 aromatic heterocycles. The molecule has 0 fully saturated rings. The Morgan fingerprint density at radius 3 is 1.94 bits per heavy atom. The first-order valence-electron chi connectivity index (χ1n) is 5.41. The van der Waals surface area contributed by atoms with Crippen molar-refractivity contribution in [1.82, 2.24) is 0 Å². The molecule has 0 rings (SSSR count). The maximum absolute atomic E-state index is 8.66. The number of aliphatic hydroxyl groups excluding tert-OH is 4. The monoisotopic (exact) mass is 236 g/mol. The molecular formula is C11H24O5. The summed E-state index contributed by atoms with van der Waals surface area (Å²) in [6, 6.07) is 0. The van der Waals surface area contributed by atoms with Gasteiger partial charge in [-0.05, 0) is 19.3 Å². The number of hydrogen-bond acceptors (Lipinski definition) is 5. The largest absolute Gasteiger partial charge is 0.396 e. The zero-order chi connectivity index (χ0) is 12.8. The predicted molar refractivity (Wildman–Crippen MR) is 61.9 cm³/mol. The molecule has 0 saturated carbocycles. The zero-order valence-corrected chi connectivity index (χ0v) is 9.93. The Labute approximate surface area is 97.0 Å². The minimum atomic E-state index is -0.706. The van der Waals surface area contributed by atoms with E-state index in [1.165, 1.54) is 0 Å². The van der Waals surface area contributed by atoms with Gasteiger partial charge in [0.05, 0.1) is 13.2 Å². The summed E-state index contributed by atoms with van der Waals surface area (Å²) in [5.74, 6) is 0. The zero-order valence-electron chi connectivity index (χ0n) is 9.93. The van der Waals surface area contributed by atoms with Gasteiger partial charge in [0, 0.05) is 13.2 Å². The molecule has 0 aliphatic carbocycles. The number of rotatable bonds is 8. The van der Waals surface area contributed by atoms with Crippen LogP contribution in [0.15, 0.2) is 12.2 Å². The van der Waals surface area contributed by atoms with E-state index in [9.17, 15) is 0 Å². The molecule has 0 saturated heterocycles. The summed E-state index contributed by atoms with van der Waals surface area (Å²) in [5.41, 5.74) is 0.912. The average Bonchev–Trinajstić information content (AvgIpc) is 2.27. The summed E-state index contributed by atoms with van der Waals surface area (Å²) in [6.45, 7) is 5.88. The highest BCUT2D eigenvalue weighted by molar-refractivity contribution is 4.92. The van der Waals surface area contributed by atoms with E-state index in [1.54, 1.807) is 0 Å². The van der Waals surface area contributed by atoms with Crippen molar-refractivity contribution in [3.05, 3.63) is 12.2 Å². The third-order valence-electron chi connectivity index (χ3n) is 1.68. The van der Waals surface area contributed by atoms with Crippen molar-refractivity contribution in [2.45, 2.75) is 32.5 Å². The molecule has 0 aromatic carbocycles. The van der Waals surface area contributed by atoms with E-state index in [0.29, 0.717) is 19.3 Å². The summed E-state index contributed by atoms with van der Waals surface area (Å²) in [5, 5.41) is 33.5. The van der Waals surface area contributed by atoms with Crippen molar-refractivity contribution in [3.8, 4) is 0 Å². The van der Waals surface area contributed by atoms with E-state index in [0.717, 1.165) is 5.57 Å². The highest BCUT2D eigenvalue weighted by Gasteiger charge is 1.96. The van der Waals surface area contributed by atoms with Crippen LogP contribution in [0.2, 0.25) is 0 Å². The minimum absolute atomic E-state index is 0.0307. The Morgan fingerprint density at radius 1 is 1.12 bits per heavy atom. The number of ether oxygens (including phenoxy) is 1. The van der Waals surface area contributed by atoms with Crippen LogP contribution in [-0.2, 0) is 4.74 Å². The summed E-state index contributed by atoms with van der Waals surface area (Å²) < 4.78 is 4.65. The van der Waals surface area contributed by atoms with Gasteiger partial charge in [0.2, 0.25) is 0 Å². The minimum Gasteiger partial charge on any atom is -0.396 e. The van der Waals surface area contributed by atoms with E-state index in [4.69, 9.17) is 20.4 Å². The molecule has 0 aliphatic heterocycles. The fourth-order valence-corrected chi connectivity index (χ4v) is 0.748. The van der Waals surface area contributed by atoms with Crippen molar-refractivity contribution >= 4 is 0 Å². The molecule has 16 heavy (non-hydrogen) atoms. The number of hydrogen-bond donors (Lipinski definition) is 4. The van der Waals surface area contributed by atoms with Gasteiger partial charge in [-0.3, -0.25) is 0 Å². The van der Waals surface area contributed by atoms with Gasteiger partial charge in [0.25, 0.3) is 0 Å². The van der Waals surface area contributed by atoms with Crippen LogP contribution >= 0.6 is 0 Å². The van der Waals surface area contributed by atoms with Gasteiger partial charge in [-0.25, -0.2) is 0 Å². The summed E-state index contributed by atoms with van der Waals surface area (Å²) >= 11 is 0. The number of aliphatic hydroxyl groups is 4. The van der Waals surface area contributed by atoms with Crippen molar-refractivity contribution in [1.29, 1.82) is 0 Å². The molecule has 0 bridgehead atoms. The Balaban J connectivity index is 0. The Hall–Kier alpha value is -0.460. The van der Waals surface area contributed by atoms with Crippen LogP contribution in [0, 0.1) is 0 Å². The molecule has 0 radical (unpaired) electrons. The quantitative estimate of drug-likeness (QED) is 0.353. The van der Waals surface area contributed by atoms with E-state index in [-0.39, 0.29) is 26.4 Å². The van der Waals surface area contributed by atoms with Crippen LogP contribution in [0.3, 0.4) is 0 Å². The van der Waals surface area contributed by atoms with Crippen molar-refractivity contribution in [3.63, 3.8) is 0 Å². The second kappa shape index (κ2) is 14.5. The van der Waals surface area contributed by atoms with E-state index in [1.807, 2.05) is 6.92 Å². The normalized spacial score (nSPS) is 11.6. The first kappa shape index (κ1) is 17.9.